The SMILES string of the molecule is O=Cc1ccc(-n2ccnn2)cc1F. The van der Waals surface area contributed by atoms with Crippen LogP contribution in [0.25, 0.3) is 5.69 Å². The van der Waals surface area contributed by atoms with Gasteiger partial charge >= 0.3 is 0 Å². The van der Waals surface area contributed by atoms with Crippen LogP contribution in [-0.2, 0) is 0 Å². The lowest BCUT2D eigenvalue weighted by molar-refractivity contribution is 0.112. The molecule has 0 atom stereocenters. The Balaban J connectivity index is 2.48. The fraction of sp³-hybridized carbons (Fsp3) is 0. The van der Waals surface area contributed by atoms with E-state index in [-0.39, 0.29) is 5.56 Å². The van der Waals surface area contributed by atoms with Gasteiger partial charge in [0, 0.05) is 6.07 Å². The third kappa shape index (κ3) is 1.39. The van der Waals surface area contributed by atoms with Crippen molar-refractivity contribution in [3.8, 4) is 5.69 Å². The number of aromatic nitrogens is 3. The van der Waals surface area contributed by atoms with Gasteiger partial charge in [0.15, 0.2) is 6.29 Å². The molecule has 0 amide bonds. The van der Waals surface area contributed by atoms with Gasteiger partial charge in [-0.1, -0.05) is 5.21 Å². The molecule has 0 aliphatic carbocycles. The van der Waals surface area contributed by atoms with Crippen LogP contribution < -0.4 is 0 Å². The van der Waals surface area contributed by atoms with E-state index in [4.69, 9.17) is 0 Å². The van der Waals surface area contributed by atoms with Crippen molar-refractivity contribution in [3.05, 3.63) is 42.0 Å². The van der Waals surface area contributed by atoms with Gasteiger partial charge in [-0.2, -0.15) is 0 Å². The number of carbonyl (C=O) groups is 1. The van der Waals surface area contributed by atoms with Crippen LogP contribution in [0.3, 0.4) is 0 Å². The summed E-state index contributed by atoms with van der Waals surface area (Å²) >= 11 is 0. The number of hydrogen-bond donors (Lipinski definition) is 0. The molecule has 4 nitrogen and oxygen atoms in total. The number of nitrogens with zero attached hydrogens (tertiary/aromatic N) is 3. The minimum atomic E-state index is -0.562. The fourth-order valence-corrected chi connectivity index (χ4v) is 1.10. The summed E-state index contributed by atoms with van der Waals surface area (Å²) in [6, 6.07) is 4.24. The van der Waals surface area contributed by atoms with Gasteiger partial charge in [-0.15, -0.1) is 5.10 Å². The van der Waals surface area contributed by atoms with Gasteiger partial charge in [0.2, 0.25) is 0 Å². The summed E-state index contributed by atoms with van der Waals surface area (Å²) in [5.74, 6) is -0.562. The molecule has 0 saturated heterocycles. The summed E-state index contributed by atoms with van der Waals surface area (Å²) in [6.07, 6.45) is 3.56. The summed E-state index contributed by atoms with van der Waals surface area (Å²) < 4.78 is 14.6. The van der Waals surface area contributed by atoms with E-state index in [1.165, 1.54) is 23.0 Å². The molecule has 14 heavy (non-hydrogen) atoms. The second-order valence-corrected chi connectivity index (χ2v) is 2.67. The quantitative estimate of drug-likeness (QED) is 0.670. The largest absolute Gasteiger partial charge is 0.298 e. The maximum atomic E-state index is 13.1. The fourth-order valence-electron chi connectivity index (χ4n) is 1.10. The molecule has 0 N–H and O–H groups in total. The molecule has 1 heterocycles. The predicted octanol–water partition coefficient (Wildman–Crippen LogP) is 1.22. The summed E-state index contributed by atoms with van der Waals surface area (Å²) in [7, 11) is 0. The number of hydrogen-bond acceptors (Lipinski definition) is 3. The minimum Gasteiger partial charge on any atom is -0.298 e. The van der Waals surface area contributed by atoms with Crippen LogP contribution in [-0.4, -0.2) is 21.3 Å². The highest BCUT2D eigenvalue weighted by molar-refractivity contribution is 5.75. The van der Waals surface area contributed by atoms with Gasteiger partial charge in [-0.3, -0.25) is 4.79 Å². The number of aldehydes is 1. The molecular formula is C9H6FN3O. The molecule has 0 unspecified atom stereocenters. The molecule has 2 aromatic rings. The van der Waals surface area contributed by atoms with Gasteiger partial charge in [0.1, 0.15) is 5.82 Å². The Morgan fingerprint density at radius 2 is 2.29 bits per heavy atom. The average molecular weight is 191 g/mol. The number of benzene rings is 1. The molecule has 1 aromatic carbocycles. The van der Waals surface area contributed by atoms with Crippen LogP contribution in [0.5, 0.6) is 0 Å². The second kappa shape index (κ2) is 3.37. The first kappa shape index (κ1) is 8.55. The Bertz CT molecular complexity index is 453. The predicted molar refractivity (Wildman–Crippen MR) is 46.7 cm³/mol. The highest BCUT2D eigenvalue weighted by Crippen LogP contribution is 2.11. The lowest BCUT2D eigenvalue weighted by atomic mass is 10.2. The first-order valence-electron chi connectivity index (χ1n) is 3.92. The lowest BCUT2D eigenvalue weighted by Crippen LogP contribution is -1.97. The van der Waals surface area contributed by atoms with Crippen LogP contribution in [0.15, 0.2) is 30.6 Å². The van der Waals surface area contributed by atoms with Crippen molar-refractivity contribution >= 4 is 6.29 Å². The van der Waals surface area contributed by atoms with E-state index in [0.717, 1.165) is 0 Å². The monoisotopic (exact) mass is 191 g/mol. The Hall–Kier alpha value is -2.04. The third-order valence-corrected chi connectivity index (χ3v) is 1.80. The Labute approximate surface area is 79.0 Å². The molecule has 0 saturated carbocycles. The van der Waals surface area contributed by atoms with Gasteiger partial charge in [-0.25, -0.2) is 9.07 Å². The van der Waals surface area contributed by atoms with Crippen molar-refractivity contribution in [2.45, 2.75) is 0 Å². The normalized spacial score (nSPS) is 10.1. The molecule has 70 valence electrons. The molecule has 0 bridgehead atoms. The van der Waals surface area contributed by atoms with Gasteiger partial charge < -0.3 is 0 Å². The third-order valence-electron chi connectivity index (χ3n) is 1.80. The first-order valence-corrected chi connectivity index (χ1v) is 3.92. The van der Waals surface area contributed by atoms with Crippen LogP contribution >= 0.6 is 0 Å². The van der Waals surface area contributed by atoms with Crippen molar-refractivity contribution in [1.82, 2.24) is 15.0 Å². The summed E-state index contributed by atoms with van der Waals surface area (Å²) in [5.41, 5.74) is 0.569. The standard InChI is InChI=1S/C9H6FN3O/c10-9-5-8(2-1-7(9)6-14)13-4-3-11-12-13/h1-6H. The maximum absolute atomic E-state index is 13.1. The van der Waals surface area contributed by atoms with Gasteiger partial charge in [-0.05, 0) is 12.1 Å². The van der Waals surface area contributed by atoms with Crippen molar-refractivity contribution in [1.29, 1.82) is 0 Å². The zero-order chi connectivity index (χ0) is 9.97. The molecular weight excluding hydrogens is 185 g/mol. The van der Waals surface area contributed by atoms with Gasteiger partial charge in [0.05, 0.1) is 23.6 Å². The van der Waals surface area contributed by atoms with Crippen LogP contribution in [0.2, 0.25) is 0 Å². The molecule has 0 radical (unpaired) electrons. The molecule has 0 fully saturated rings. The topological polar surface area (TPSA) is 47.8 Å². The number of carbonyl (C=O) groups excluding carboxylic acids is 1. The molecule has 5 heteroatoms. The zero-order valence-corrected chi connectivity index (χ0v) is 7.09. The van der Waals surface area contributed by atoms with Crippen LogP contribution in [0.1, 0.15) is 10.4 Å². The highest BCUT2D eigenvalue weighted by Gasteiger charge is 2.03. The summed E-state index contributed by atoms with van der Waals surface area (Å²) in [5, 5.41) is 7.29. The summed E-state index contributed by atoms with van der Waals surface area (Å²) in [4.78, 5) is 10.4. The highest BCUT2D eigenvalue weighted by atomic mass is 19.1. The Morgan fingerprint density at radius 1 is 1.43 bits per heavy atom. The molecule has 0 aliphatic rings. The van der Waals surface area contributed by atoms with Crippen molar-refractivity contribution < 1.29 is 9.18 Å². The Morgan fingerprint density at radius 3 is 2.86 bits per heavy atom. The maximum Gasteiger partial charge on any atom is 0.152 e. The Kier molecular flexibility index (Phi) is 2.06. The first-order chi connectivity index (χ1) is 6.81. The van der Waals surface area contributed by atoms with Gasteiger partial charge in [0.25, 0.3) is 0 Å². The van der Waals surface area contributed by atoms with Crippen LogP contribution in [0, 0.1) is 5.82 Å². The van der Waals surface area contributed by atoms with E-state index in [1.807, 2.05) is 0 Å². The van der Waals surface area contributed by atoms with E-state index in [1.54, 1.807) is 12.3 Å². The van der Waals surface area contributed by atoms with Crippen molar-refractivity contribution in [3.63, 3.8) is 0 Å². The van der Waals surface area contributed by atoms with E-state index in [9.17, 15) is 9.18 Å². The van der Waals surface area contributed by atoms with E-state index in [0.29, 0.717) is 12.0 Å². The van der Waals surface area contributed by atoms with Crippen LogP contribution in [0.4, 0.5) is 4.39 Å². The van der Waals surface area contributed by atoms with E-state index in [2.05, 4.69) is 10.3 Å². The molecule has 1 aromatic heterocycles. The number of halogens is 1. The average Bonchev–Trinajstić information content (AvgIpc) is 2.70. The zero-order valence-electron chi connectivity index (χ0n) is 7.09. The van der Waals surface area contributed by atoms with E-state index < -0.39 is 5.82 Å². The lowest BCUT2D eigenvalue weighted by Gasteiger charge is -2.00. The minimum absolute atomic E-state index is 0.0360. The second-order valence-electron chi connectivity index (χ2n) is 2.67. The van der Waals surface area contributed by atoms with Crippen molar-refractivity contribution in [2.24, 2.45) is 0 Å². The summed E-state index contributed by atoms with van der Waals surface area (Å²) in [6.45, 7) is 0. The molecule has 0 aliphatic heterocycles. The molecule has 0 spiro atoms. The van der Waals surface area contributed by atoms with Crippen molar-refractivity contribution in [2.75, 3.05) is 0 Å². The number of rotatable bonds is 2. The molecule has 2 rings (SSSR count). The van der Waals surface area contributed by atoms with E-state index >= 15 is 0 Å². The smallest absolute Gasteiger partial charge is 0.152 e.